The predicted octanol–water partition coefficient (Wildman–Crippen LogP) is -0.458. The predicted molar refractivity (Wildman–Crippen MR) is 41.0 cm³/mol. The zero-order valence-electron chi connectivity index (χ0n) is 6.97. The smallest absolute Gasteiger partial charge is 0.294 e. The van der Waals surface area contributed by atoms with Crippen molar-refractivity contribution in [2.75, 3.05) is 26.3 Å². The van der Waals surface area contributed by atoms with E-state index in [4.69, 9.17) is 4.74 Å². The van der Waals surface area contributed by atoms with Crippen molar-refractivity contribution in [1.82, 2.24) is 15.3 Å². The molecule has 1 saturated heterocycles. The fraction of sp³-hybridized carbons (Fsp3) is 0.571. The summed E-state index contributed by atoms with van der Waals surface area (Å²) in [5.74, 6) is 0.00944. The topological polar surface area (TPSA) is 68.5 Å². The molecule has 0 spiro atoms. The third-order valence-corrected chi connectivity index (χ3v) is 1.87. The van der Waals surface area contributed by atoms with E-state index in [1.165, 1.54) is 6.20 Å². The summed E-state index contributed by atoms with van der Waals surface area (Å²) in [5, 5.41) is 6.68. The molecule has 0 unspecified atom stereocenters. The molecule has 0 aliphatic carbocycles. The van der Waals surface area contributed by atoms with Crippen LogP contribution in [0.5, 0.6) is 0 Å². The molecule has 0 radical (unpaired) electrons. The van der Waals surface area contributed by atoms with Crippen LogP contribution in [-0.4, -0.2) is 47.5 Å². The first-order chi connectivity index (χ1) is 6.38. The van der Waals surface area contributed by atoms with Crippen molar-refractivity contribution in [3.8, 4) is 0 Å². The van der Waals surface area contributed by atoms with Crippen LogP contribution < -0.4 is 0 Å². The number of hydrogen-bond acceptors (Lipinski definition) is 5. The van der Waals surface area contributed by atoms with E-state index < -0.39 is 0 Å². The molecule has 2 rings (SSSR count). The third-order valence-electron chi connectivity index (χ3n) is 1.87. The molecule has 70 valence electrons. The van der Waals surface area contributed by atoms with Crippen LogP contribution in [0.2, 0.25) is 0 Å². The van der Waals surface area contributed by atoms with Gasteiger partial charge in [-0.25, -0.2) is 0 Å². The van der Waals surface area contributed by atoms with Gasteiger partial charge in [0.2, 0.25) is 5.76 Å². The van der Waals surface area contributed by atoms with Gasteiger partial charge in [0.1, 0.15) is 6.20 Å². The number of hydrogen-bond donors (Lipinski definition) is 0. The molecule has 0 saturated carbocycles. The zero-order chi connectivity index (χ0) is 9.10. The Morgan fingerprint density at radius 2 is 2.23 bits per heavy atom. The molecule has 1 fully saturated rings. The molecule has 0 aromatic carbocycles. The Bertz CT molecular complexity index is 279. The lowest BCUT2D eigenvalue weighted by Crippen LogP contribution is -2.40. The van der Waals surface area contributed by atoms with E-state index in [1.54, 1.807) is 4.90 Å². The van der Waals surface area contributed by atoms with E-state index in [0.29, 0.717) is 26.3 Å². The SMILES string of the molecule is O=C(c1cnno1)N1CCOCC1. The van der Waals surface area contributed by atoms with Gasteiger partial charge in [-0.1, -0.05) is 0 Å². The van der Waals surface area contributed by atoms with Crippen molar-refractivity contribution in [2.24, 2.45) is 0 Å². The van der Waals surface area contributed by atoms with E-state index in [9.17, 15) is 4.79 Å². The van der Waals surface area contributed by atoms with Crippen LogP contribution in [0.15, 0.2) is 10.7 Å². The van der Waals surface area contributed by atoms with Gasteiger partial charge >= 0.3 is 0 Å². The Labute approximate surface area is 74.4 Å². The maximum atomic E-state index is 11.6. The van der Waals surface area contributed by atoms with E-state index in [2.05, 4.69) is 14.9 Å². The van der Waals surface area contributed by atoms with Gasteiger partial charge in [0.05, 0.1) is 13.2 Å². The first-order valence-corrected chi connectivity index (χ1v) is 4.02. The number of aromatic nitrogens is 2. The number of morpholine rings is 1. The zero-order valence-corrected chi connectivity index (χ0v) is 6.97. The van der Waals surface area contributed by atoms with Crippen molar-refractivity contribution >= 4 is 5.91 Å². The second-order valence-corrected chi connectivity index (χ2v) is 2.69. The number of nitrogens with zero attached hydrogens (tertiary/aromatic N) is 3. The number of carbonyl (C=O) groups excluding carboxylic acids is 1. The van der Waals surface area contributed by atoms with Crippen LogP contribution in [-0.2, 0) is 4.74 Å². The van der Waals surface area contributed by atoms with Crippen molar-refractivity contribution in [2.45, 2.75) is 0 Å². The molecular weight excluding hydrogens is 174 g/mol. The minimum Gasteiger partial charge on any atom is -0.378 e. The van der Waals surface area contributed by atoms with E-state index >= 15 is 0 Å². The van der Waals surface area contributed by atoms with Crippen molar-refractivity contribution in [3.05, 3.63) is 12.0 Å². The summed E-state index contributed by atoms with van der Waals surface area (Å²) in [6, 6.07) is 0. The molecule has 1 amide bonds. The van der Waals surface area contributed by atoms with Gasteiger partial charge in [0.15, 0.2) is 0 Å². The molecule has 1 aliphatic rings. The molecule has 0 N–H and O–H groups in total. The first-order valence-electron chi connectivity index (χ1n) is 4.02. The summed E-state index contributed by atoms with van der Waals surface area (Å²) in [6.45, 7) is 2.35. The van der Waals surface area contributed by atoms with Crippen molar-refractivity contribution in [1.29, 1.82) is 0 Å². The lowest BCUT2D eigenvalue weighted by atomic mass is 10.3. The second kappa shape index (κ2) is 3.53. The first kappa shape index (κ1) is 8.18. The maximum Gasteiger partial charge on any atom is 0.294 e. The van der Waals surface area contributed by atoms with Crippen LogP contribution in [0.3, 0.4) is 0 Å². The van der Waals surface area contributed by atoms with E-state index in [1.807, 2.05) is 0 Å². The third kappa shape index (κ3) is 1.67. The van der Waals surface area contributed by atoms with E-state index in [-0.39, 0.29) is 11.7 Å². The van der Waals surface area contributed by atoms with Gasteiger partial charge in [-0.15, -0.1) is 5.10 Å². The number of carbonyl (C=O) groups is 1. The summed E-state index contributed by atoms with van der Waals surface area (Å²) >= 11 is 0. The van der Waals surface area contributed by atoms with Crippen molar-refractivity contribution in [3.63, 3.8) is 0 Å². The van der Waals surface area contributed by atoms with Crippen LogP contribution in [0.1, 0.15) is 10.6 Å². The maximum absolute atomic E-state index is 11.6. The molecule has 2 heterocycles. The molecule has 13 heavy (non-hydrogen) atoms. The summed E-state index contributed by atoms with van der Waals surface area (Å²) in [7, 11) is 0. The van der Waals surface area contributed by atoms with Crippen LogP contribution in [0.25, 0.3) is 0 Å². The van der Waals surface area contributed by atoms with Crippen LogP contribution >= 0.6 is 0 Å². The number of ether oxygens (including phenoxy) is 1. The summed E-state index contributed by atoms with van der Waals surface area (Å²) in [6.07, 6.45) is 1.32. The largest absolute Gasteiger partial charge is 0.378 e. The highest BCUT2D eigenvalue weighted by Gasteiger charge is 2.21. The Kier molecular flexibility index (Phi) is 2.22. The highest BCUT2D eigenvalue weighted by atomic mass is 16.5. The Morgan fingerprint density at radius 1 is 1.46 bits per heavy atom. The quantitative estimate of drug-likeness (QED) is 0.589. The normalized spacial score (nSPS) is 17.4. The average molecular weight is 183 g/mol. The molecule has 6 nitrogen and oxygen atoms in total. The monoisotopic (exact) mass is 183 g/mol. The van der Waals surface area contributed by atoms with Crippen LogP contribution in [0.4, 0.5) is 0 Å². The molecule has 0 atom stereocenters. The van der Waals surface area contributed by atoms with Crippen LogP contribution in [0, 0.1) is 0 Å². The highest BCUT2D eigenvalue weighted by molar-refractivity contribution is 5.91. The van der Waals surface area contributed by atoms with Gasteiger partial charge in [-0.2, -0.15) is 0 Å². The van der Waals surface area contributed by atoms with Gasteiger partial charge in [-0.05, 0) is 0 Å². The van der Waals surface area contributed by atoms with Gasteiger partial charge in [-0.3, -0.25) is 4.79 Å². The van der Waals surface area contributed by atoms with Gasteiger partial charge < -0.3 is 14.2 Å². The Morgan fingerprint density at radius 3 is 2.85 bits per heavy atom. The lowest BCUT2D eigenvalue weighted by molar-refractivity contribution is 0.0277. The molecule has 6 heteroatoms. The standard InChI is InChI=1S/C7H9N3O3/c11-7(6-5-8-9-13-6)10-1-3-12-4-2-10/h5H,1-4H2. The minimum absolute atomic E-state index is 0.173. The highest BCUT2D eigenvalue weighted by Crippen LogP contribution is 2.04. The summed E-state index contributed by atoms with van der Waals surface area (Å²) in [5.41, 5.74) is 0. The molecule has 0 bridgehead atoms. The fourth-order valence-corrected chi connectivity index (χ4v) is 1.18. The fourth-order valence-electron chi connectivity index (χ4n) is 1.18. The van der Waals surface area contributed by atoms with Gasteiger partial charge in [0.25, 0.3) is 5.91 Å². The van der Waals surface area contributed by atoms with Gasteiger partial charge in [0, 0.05) is 18.4 Å². The average Bonchev–Trinajstić information content (AvgIpc) is 2.71. The van der Waals surface area contributed by atoms with E-state index in [0.717, 1.165) is 0 Å². The summed E-state index contributed by atoms with van der Waals surface area (Å²) in [4.78, 5) is 13.2. The molecule has 1 aromatic heterocycles. The minimum atomic E-state index is -0.173. The lowest BCUT2D eigenvalue weighted by Gasteiger charge is -2.25. The number of amides is 1. The summed E-state index contributed by atoms with van der Waals surface area (Å²) < 4.78 is 9.77. The second-order valence-electron chi connectivity index (χ2n) is 2.69. The number of rotatable bonds is 1. The Hall–Kier alpha value is -1.43. The van der Waals surface area contributed by atoms with Crippen molar-refractivity contribution < 1.29 is 14.1 Å². The Balaban J connectivity index is 2.04. The molecule has 1 aliphatic heterocycles. The molecular formula is C7H9N3O3. The molecule has 1 aromatic rings.